The Kier molecular flexibility index (Phi) is 5.59. The van der Waals surface area contributed by atoms with E-state index in [0.29, 0.717) is 12.1 Å². The van der Waals surface area contributed by atoms with Gasteiger partial charge in [0.1, 0.15) is 0 Å². The van der Waals surface area contributed by atoms with E-state index >= 15 is 0 Å². The van der Waals surface area contributed by atoms with Crippen LogP contribution in [0.5, 0.6) is 0 Å². The predicted molar refractivity (Wildman–Crippen MR) is 112 cm³/mol. The summed E-state index contributed by atoms with van der Waals surface area (Å²) in [7, 11) is 1.69. The van der Waals surface area contributed by atoms with Crippen molar-refractivity contribution in [2.45, 2.75) is 45.6 Å². The van der Waals surface area contributed by atoms with E-state index in [1.165, 1.54) is 21.6 Å². The molecule has 0 fully saturated rings. The predicted octanol–water partition coefficient (Wildman–Crippen LogP) is 4.20. The summed E-state index contributed by atoms with van der Waals surface area (Å²) in [6, 6.07) is 16.0. The van der Waals surface area contributed by atoms with Gasteiger partial charge in [-0.1, -0.05) is 57.2 Å². The average Bonchev–Trinajstić information content (AvgIpc) is 2.67. The van der Waals surface area contributed by atoms with E-state index in [9.17, 15) is 9.59 Å². The first-order chi connectivity index (χ1) is 13.2. The number of hydrogen-bond donors (Lipinski definition) is 0. The van der Waals surface area contributed by atoms with Gasteiger partial charge in [-0.3, -0.25) is 9.59 Å². The fourth-order valence-electron chi connectivity index (χ4n) is 3.81. The van der Waals surface area contributed by atoms with E-state index < -0.39 is 0 Å². The third-order valence-electron chi connectivity index (χ3n) is 5.63. The van der Waals surface area contributed by atoms with Crippen molar-refractivity contribution in [1.29, 1.82) is 0 Å². The summed E-state index contributed by atoms with van der Waals surface area (Å²) < 4.78 is 0. The molecule has 0 spiro atoms. The average molecular weight is 379 g/mol. The minimum Gasteiger partial charge on any atom is -0.334 e. The number of hydrogen-bond acceptors (Lipinski definition) is 2. The van der Waals surface area contributed by atoms with E-state index in [1.54, 1.807) is 7.05 Å². The second kappa shape index (κ2) is 7.78. The molecule has 3 rings (SSSR count). The number of fused-ring (bicyclic) bond motifs is 1. The molecule has 1 atom stereocenters. The first-order valence-corrected chi connectivity index (χ1v) is 9.92. The summed E-state index contributed by atoms with van der Waals surface area (Å²) in [5, 5.41) is 0. The van der Waals surface area contributed by atoms with Crippen molar-refractivity contribution in [3.8, 4) is 0 Å². The molecule has 2 amide bonds. The van der Waals surface area contributed by atoms with Gasteiger partial charge in [-0.2, -0.15) is 0 Å². The molecule has 0 saturated carbocycles. The Hall–Kier alpha value is -2.62. The van der Waals surface area contributed by atoms with E-state index in [4.69, 9.17) is 0 Å². The smallest absolute Gasteiger partial charge is 0.254 e. The fraction of sp³-hybridized carbons (Fsp3) is 0.417. The lowest BCUT2D eigenvalue weighted by Gasteiger charge is -2.36. The Morgan fingerprint density at radius 1 is 1.07 bits per heavy atom. The van der Waals surface area contributed by atoms with Gasteiger partial charge >= 0.3 is 0 Å². The maximum Gasteiger partial charge on any atom is 0.254 e. The molecular weight excluding hydrogens is 348 g/mol. The Morgan fingerprint density at radius 3 is 2.36 bits per heavy atom. The van der Waals surface area contributed by atoms with E-state index in [-0.39, 0.29) is 29.8 Å². The summed E-state index contributed by atoms with van der Waals surface area (Å²) in [6.07, 6.45) is 0.859. The Bertz CT molecular complexity index is 865. The van der Waals surface area contributed by atoms with Crippen molar-refractivity contribution >= 4 is 11.8 Å². The molecule has 0 saturated heterocycles. The van der Waals surface area contributed by atoms with Gasteiger partial charge in [0.2, 0.25) is 5.91 Å². The van der Waals surface area contributed by atoms with Gasteiger partial charge in [0, 0.05) is 19.2 Å². The molecule has 0 N–H and O–H groups in total. The van der Waals surface area contributed by atoms with Crippen molar-refractivity contribution < 1.29 is 9.59 Å². The zero-order valence-electron chi connectivity index (χ0n) is 17.5. The molecule has 148 valence electrons. The minimum atomic E-state index is -0.126. The fourth-order valence-corrected chi connectivity index (χ4v) is 3.81. The Morgan fingerprint density at radius 2 is 1.71 bits per heavy atom. The lowest BCUT2D eigenvalue weighted by atomic mass is 9.86. The second-order valence-electron chi connectivity index (χ2n) is 8.70. The molecule has 2 aromatic carbocycles. The van der Waals surface area contributed by atoms with Crippen molar-refractivity contribution in [3.05, 3.63) is 70.8 Å². The molecule has 2 aromatic rings. The molecule has 0 bridgehead atoms. The molecule has 0 aromatic heterocycles. The van der Waals surface area contributed by atoms with Gasteiger partial charge in [0.25, 0.3) is 5.91 Å². The third-order valence-corrected chi connectivity index (χ3v) is 5.63. The lowest BCUT2D eigenvalue weighted by molar-refractivity contribution is -0.134. The minimum absolute atomic E-state index is 0.0100. The molecule has 28 heavy (non-hydrogen) atoms. The van der Waals surface area contributed by atoms with Crippen LogP contribution in [0, 0.1) is 0 Å². The zero-order chi connectivity index (χ0) is 20.5. The van der Waals surface area contributed by atoms with Gasteiger partial charge in [-0.05, 0) is 47.6 Å². The summed E-state index contributed by atoms with van der Waals surface area (Å²) in [5.41, 5.74) is 4.35. The normalized spacial score (nSPS) is 16.5. The van der Waals surface area contributed by atoms with Crippen molar-refractivity contribution in [1.82, 2.24) is 9.80 Å². The van der Waals surface area contributed by atoms with Gasteiger partial charge in [0.15, 0.2) is 0 Å². The van der Waals surface area contributed by atoms with Crippen LogP contribution in [0.25, 0.3) is 0 Å². The van der Waals surface area contributed by atoms with Gasteiger partial charge < -0.3 is 9.80 Å². The summed E-state index contributed by atoms with van der Waals surface area (Å²) in [4.78, 5) is 29.0. The van der Waals surface area contributed by atoms with Crippen LogP contribution in [-0.4, -0.2) is 41.8 Å². The van der Waals surface area contributed by atoms with Gasteiger partial charge in [-0.25, -0.2) is 0 Å². The summed E-state index contributed by atoms with van der Waals surface area (Å²) >= 11 is 0. The van der Waals surface area contributed by atoms with Gasteiger partial charge in [0.05, 0.1) is 12.6 Å². The number of rotatable bonds is 3. The maximum absolute atomic E-state index is 12.9. The number of benzene rings is 2. The van der Waals surface area contributed by atoms with Crippen molar-refractivity contribution in [3.63, 3.8) is 0 Å². The van der Waals surface area contributed by atoms with Crippen LogP contribution in [0.4, 0.5) is 0 Å². The molecule has 1 aliphatic heterocycles. The number of carbonyl (C=O) groups is 2. The molecular formula is C24H30N2O2. The Labute approximate surface area is 168 Å². The number of carbonyl (C=O) groups excluding carboxylic acids is 2. The van der Waals surface area contributed by atoms with Crippen LogP contribution in [0.3, 0.4) is 0 Å². The molecule has 1 aliphatic rings. The van der Waals surface area contributed by atoms with E-state index in [0.717, 1.165) is 6.42 Å². The van der Waals surface area contributed by atoms with E-state index in [2.05, 4.69) is 39.8 Å². The molecule has 4 nitrogen and oxygen atoms in total. The van der Waals surface area contributed by atoms with Crippen LogP contribution in [0.1, 0.15) is 60.8 Å². The first kappa shape index (κ1) is 20.1. The summed E-state index contributed by atoms with van der Waals surface area (Å²) in [6.45, 7) is 9.28. The highest BCUT2D eigenvalue weighted by Crippen LogP contribution is 2.29. The molecule has 1 heterocycles. The SMILES string of the molecule is CC1c2ccccc2CCN1C(=O)CN(C)C(=O)c1ccc(C(C)(C)C)cc1. The summed E-state index contributed by atoms with van der Waals surface area (Å²) in [5.74, 6) is -0.136. The topological polar surface area (TPSA) is 40.6 Å². The van der Waals surface area contributed by atoms with Crippen molar-refractivity contribution in [2.24, 2.45) is 0 Å². The molecule has 1 unspecified atom stereocenters. The third kappa shape index (κ3) is 4.11. The largest absolute Gasteiger partial charge is 0.334 e. The lowest BCUT2D eigenvalue weighted by Crippen LogP contribution is -2.45. The second-order valence-corrected chi connectivity index (χ2v) is 8.70. The number of nitrogens with zero attached hydrogens (tertiary/aromatic N) is 2. The highest BCUT2D eigenvalue weighted by molar-refractivity contribution is 5.96. The quantitative estimate of drug-likeness (QED) is 0.803. The first-order valence-electron chi connectivity index (χ1n) is 9.92. The number of amides is 2. The maximum atomic E-state index is 12.9. The van der Waals surface area contributed by atoms with Gasteiger partial charge in [-0.15, -0.1) is 0 Å². The van der Waals surface area contributed by atoms with Crippen LogP contribution in [-0.2, 0) is 16.6 Å². The van der Waals surface area contributed by atoms with Crippen LogP contribution >= 0.6 is 0 Å². The van der Waals surface area contributed by atoms with Crippen LogP contribution in [0.15, 0.2) is 48.5 Å². The van der Waals surface area contributed by atoms with E-state index in [1.807, 2.05) is 41.3 Å². The molecule has 0 radical (unpaired) electrons. The number of likely N-dealkylation sites (N-methyl/N-ethyl adjacent to an activating group) is 1. The van der Waals surface area contributed by atoms with Crippen LogP contribution < -0.4 is 0 Å². The zero-order valence-corrected chi connectivity index (χ0v) is 17.5. The molecule has 0 aliphatic carbocycles. The highest BCUT2D eigenvalue weighted by Gasteiger charge is 2.28. The highest BCUT2D eigenvalue weighted by atomic mass is 16.2. The van der Waals surface area contributed by atoms with Crippen LogP contribution in [0.2, 0.25) is 0 Å². The Balaban J connectivity index is 1.66. The monoisotopic (exact) mass is 378 g/mol. The van der Waals surface area contributed by atoms with Crippen molar-refractivity contribution in [2.75, 3.05) is 20.1 Å². The molecule has 4 heteroatoms. The standard InChI is InChI=1S/C24H30N2O2/c1-17-21-9-7-6-8-18(21)14-15-26(17)22(27)16-25(5)23(28)19-10-12-20(13-11-19)24(2,3)4/h6-13,17H,14-16H2,1-5H3.